The van der Waals surface area contributed by atoms with Gasteiger partial charge in [0, 0.05) is 42.2 Å². The molecule has 0 radical (unpaired) electrons. The van der Waals surface area contributed by atoms with E-state index in [2.05, 4.69) is 95.9 Å². The Bertz CT molecular complexity index is 1090. The summed E-state index contributed by atoms with van der Waals surface area (Å²) >= 11 is 0. The molecule has 2 aliphatic heterocycles. The van der Waals surface area contributed by atoms with Crippen molar-refractivity contribution in [3.8, 4) is 0 Å². The summed E-state index contributed by atoms with van der Waals surface area (Å²) in [5, 5.41) is 1.38. The first-order valence-electron chi connectivity index (χ1n) is 13.5. The maximum atomic E-state index is 12.6. The fraction of sp³-hybridized carbons (Fsp3) is 0.633. The van der Waals surface area contributed by atoms with Crippen molar-refractivity contribution in [3.05, 3.63) is 47.7 Å². The summed E-state index contributed by atoms with van der Waals surface area (Å²) in [5.74, 6) is 0.547. The fourth-order valence-electron chi connectivity index (χ4n) is 7.95. The number of rotatable bonds is 8. The Morgan fingerprint density at radius 3 is 2.26 bits per heavy atom. The number of piperidine rings is 1. The summed E-state index contributed by atoms with van der Waals surface area (Å²) in [4.78, 5) is 15.2. The number of nitrogens with zero attached hydrogens (tertiary/aromatic N) is 2. The van der Waals surface area contributed by atoms with Gasteiger partial charge in [0.1, 0.15) is 0 Å². The first-order valence-corrected chi connectivity index (χ1v) is 15.7. The van der Waals surface area contributed by atoms with Gasteiger partial charge >= 0.3 is 0 Å². The highest BCUT2D eigenvalue weighted by Crippen LogP contribution is 2.51. The average molecular weight is 495 g/mol. The van der Waals surface area contributed by atoms with Crippen LogP contribution in [0.1, 0.15) is 72.2 Å². The number of para-hydroxylation sites is 1. The number of hydrogen-bond donors (Lipinski definition) is 0. The lowest BCUT2D eigenvalue weighted by molar-refractivity contribution is -0.115. The molecule has 5 heteroatoms. The van der Waals surface area contributed by atoms with E-state index in [1.165, 1.54) is 22.2 Å². The minimum Gasteiger partial charge on any atom is -0.416 e. The molecule has 0 aliphatic carbocycles. The molecule has 2 bridgehead atoms. The average Bonchev–Trinajstić information content (AvgIpc) is 3.06. The standard InChI is InChI=1S/C30H46N2O2Si/c1-18(2)35(19(3)4,20(5)6)34-17-26-24(21(7)22(8)33)15-29-30-25(16-28(26)31(29)9)23-13-11-12-14-27(23)32(30)10/h11-14,18-20,24,26,28-29H,7,15-17H2,1-6,8-10H3/t24-,26+,28-,29-/m0/s1. The molecule has 0 saturated carbocycles. The second kappa shape index (κ2) is 9.64. The van der Waals surface area contributed by atoms with Gasteiger partial charge in [-0.1, -0.05) is 66.3 Å². The summed E-state index contributed by atoms with van der Waals surface area (Å²) in [5.41, 5.74) is 6.63. The summed E-state index contributed by atoms with van der Waals surface area (Å²) in [6.07, 6.45) is 1.93. The molecule has 3 heterocycles. The maximum Gasteiger partial charge on any atom is 0.200 e. The molecule has 192 valence electrons. The van der Waals surface area contributed by atoms with E-state index in [1.807, 2.05) is 0 Å². The Morgan fingerprint density at radius 2 is 1.69 bits per heavy atom. The van der Waals surface area contributed by atoms with E-state index in [4.69, 9.17) is 4.43 Å². The number of likely N-dealkylation sites (N-methyl/N-ethyl adjacent to an activating group) is 1. The predicted molar refractivity (Wildman–Crippen MR) is 149 cm³/mol. The SMILES string of the molecule is C=C(C(C)=O)[C@@H]1C[C@H]2c3c(c4ccccc4n3C)C[C@@H]([C@@H]1CO[Si](C(C)C)(C(C)C)C(C)C)N2C. The molecule has 1 saturated heterocycles. The number of ketones is 1. The number of carbonyl (C=O) groups is 1. The van der Waals surface area contributed by atoms with E-state index in [0.717, 1.165) is 25.0 Å². The van der Waals surface area contributed by atoms with Crippen molar-refractivity contribution in [2.75, 3.05) is 13.7 Å². The largest absolute Gasteiger partial charge is 0.416 e. The van der Waals surface area contributed by atoms with Crippen molar-refractivity contribution in [1.82, 2.24) is 9.47 Å². The van der Waals surface area contributed by atoms with Crippen molar-refractivity contribution >= 4 is 25.0 Å². The van der Waals surface area contributed by atoms with Crippen LogP contribution in [-0.4, -0.2) is 43.3 Å². The van der Waals surface area contributed by atoms with Crippen LogP contribution in [0.2, 0.25) is 16.6 Å². The van der Waals surface area contributed by atoms with Crippen molar-refractivity contribution < 1.29 is 9.22 Å². The van der Waals surface area contributed by atoms with Crippen molar-refractivity contribution in [2.45, 2.75) is 90.0 Å². The molecule has 1 aromatic carbocycles. The lowest BCUT2D eigenvalue weighted by Crippen LogP contribution is -2.57. The molecule has 1 fully saturated rings. The molecular weight excluding hydrogens is 448 g/mol. The summed E-state index contributed by atoms with van der Waals surface area (Å²) in [7, 11) is 2.47. The number of benzene rings is 1. The van der Waals surface area contributed by atoms with Crippen LogP contribution >= 0.6 is 0 Å². The zero-order chi connectivity index (χ0) is 25.8. The van der Waals surface area contributed by atoms with Gasteiger partial charge in [-0.2, -0.15) is 0 Å². The van der Waals surface area contributed by atoms with Gasteiger partial charge in [0.25, 0.3) is 0 Å². The second-order valence-electron chi connectivity index (χ2n) is 12.1. The number of carbonyl (C=O) groups excluding carboxylic acids is 1. The molecule has 0 unspecified atom stereocenters. The highest BCUT2D eigenvalue weighted by Gasteiger charge is 2.51. The lowest BCUT2D eigenvalue weighted by Gasteiger charge is -2.53. The Hall–Kier alpha value is -1.69. The van der Waals surface area contributed by atoms with Crippen LogP contribution < -0.4 is 0 Å². The molecular formula is C30H46N2O2Si. The zero-order valence-electron chi connectivity index (χ0n) is 23.4. The lowest BCUT2D eigenvalue weighted by atomic mass is 9.68. The Labute approximate surface area is 213 Å². The van der Waals surface area contributed by atoms with E-state index >= 15 is 0 Å². The molecule has 4 atom stereocenters. The van der Waals surface area contributed by atoms with Gasteiger partial charge in [0.2, 0.25) is 0 Å². The van der Waals surface area contributed by atoms with Gasteiger partial charge in [-0.3, -0.25) is 9.69 Å². The van der Waals surface area contributed by atoms with Crippen LogP contribution in [0.3, 0.4) is 0 Å². The predicted octanol–water partition coefficient (Wildman–Crippen LogP) is 7.05. The molecule has 35 heavy (non-hydrogen) atoms. The highest BCUT2D eigenvalue weighted by molar-refractivity contribution is 6.77. The molecule has 0 spiro atoms. The van der Waals surface area contributed by atoms with Crippen LogP contribution in [0.15, 0.2) is 36.4 Å². The molecule has 1 aromatic heterocycles. The summed E-state index contributed by atoms with van der Waals surface area (Å²) in [6.45, 7) is 20.8. The second-order valence-corrected chi connectivity index (χ2v) is 17.6. The first kappa shape index (κ1) is 26.4. The van der Waals surface area contributed by atoms with Gasteiger partial charge in [0.15, 0.2) is 14.1 Å². The number of hydrogen-bond acceptors (Lipinski definition) is 3. The Morgan fingerprint density at radius 1 is 1.09 bits per heavy atom. The summed E-state index contributed by atoms with van der Waals surface area (Å²) in [6, 6.07) is 9.44. The van der Waals surface area contributed by atoms with Crippen LogP contribution in [0.4, 0.5) is 0 Å². The highest BCUT2D eigenvalue weighted by atomic mass is 28.4. The third kappa shape index (κ3) is 4.08. The first-order chi connectivity index (χ1) is 16.4. The fourth-order valence-corrected chi connectivity index (χ4v) is 13.4. The van der Waals surface area contributed by atoms with Crippen molar-refractivity contribution in [3.63, 3.8) is 0 Å². The van der Waals surface area contributed by atoms with E-state index in [1.54, 1.807) is 6.92 Å². The normalized spacial score (nSPS) is 25.0. The monoisotopic (exact) mass is 494 g/mol. The third-order valence-electron chi connectivity index (χ3n) is 9.63. The number of fused-ring (bicyclic) bond motifs is 6. The van der Waals surface area contributed by atoms with Gasteiger partial charge in [-0.05, 0) is 66.6 Å². The third-order valence-corrected chi connectivity index (χ3v) is 15.7. The number of Topliss-reactive ketones (excluding diaryl/α,β-unsaturated/α-hetero) is 1. The molecule has 4 nitrogen and oxygen atoms in total. The molecule has 4 rings (SSSR count). The molecule has 0 N–H and O–H groups in total. The van der Waals surface area contributed by atoms with E-state index in [0.29, 0.717) is 28.7 Å². The van der Waals surface area contributed by atoms with Gasteiger partial charge in [-0.25, -0.2) is 0 Å². The number of allylic oxidation sites excluding steroid dienone is 1. The van der Waals surface area contributed by atoms with Crippen molar-refractivity contribution in [2.24, 2.45) is 18.9 Å². The Balaban J connectivity index is 1.77. The smallest absolute Gasteiger partial charge is 0.200 e. The van der Waals surface area contributed by atoms with Gasteiger partial charge < -0.3 is 8.99 Å². The van der Waals surface area contributed by atoms with Crippen molar-refractivity contribution in [1.29, 1.82) is 0 Å². The van der Waals surface area contributed by atoms with E-state index in [-0.39, 0.29) is 17.6 Å². The molecule has 2 aliphatic rings. The minimum absolute atomic E-state index is 0.125. The van der Waals surface area contributed by atoms with Crippen LogP contribution in [-0.2, 0) is 22.7 Å². The number of aromatic nitrogens is 1. The van der Waals surface area contributed by atoms with Crippen LogP contribution in [0.5, 0.6) is 0 Å². The Kier molecular flexibility index (Phi) is 7.27. The van der Waals surface area contributed by atoms with Gasteiger partial charge in [0.05, 0.1) is 6.04 Å². The van der Waals surface area contributed by atoms with E-state index in [9.17, 15) is 4.79 Å². The van der Waals surface area contributed by atoms with Gasteiger partial charge in [-0.15, -0.1) is 0 Å². The topological polar surface area (TPSA) is 34.5 Å². The quantitative estimate of drug-likeness (QED) is 0.291. The van der Waals surface area contributed by atoms with E-state index < -0.39 is 8.32 Å². The van der Waals surface area contributed by atoms with Crippen LogP contribution in [0, 0.1) is 11.8 Å². The molecule has 0 amide bonds. The number of aryl methyl sites for hydroxylation is 1. The molecule has 2 aromatic rings. The van der Waals surface area contributed by atoms with Crippen LogP contribution in [0.25, 0.3) is 10.9 Å². The summed E-state index contributed by atoms with van der Waals surface area (Å²) < 4.78 is 9.58. The minimum atomic E-state index is -2.01. The maximum absolute atomic E-state index is 12.6. The zero-order valence-corrected chi connectivity index (χ0v) is 24.4.